The quantitative estimate of drug-likeness (QED) is 0.610. The van der Waals surface area contributed by atoms with Crippen LogP contribution in [0, 0.1) is 5.92 Å². The van der Waals surface area contributed by atoms with Crippen LogP contribution >= 0.6 is 0 Å². The maximum Gasteiger partial charge on any atom is 0.319 e. The molecule has 2 aliphatic rings. The summed E-state index contributed by atoms with van der Waals surface area (Å²) in [5.41, 5.74) is 5.66. The van der Waals surface area contributed by atoms with Gasteiger partial charge in [-0.3, -0.25) is 4.79 Å². The molecule has 1 aliphatic carbocycles. The summed E-state index contributed by atoms with van der Waals surface area (Å²) in [6, 6.07) is 28.4. The summed E-state index contributed by atoms with van der Waals surface area (Å²) in [6.07, 6.45) is 0.872. The number of hydrogen-bond acceptors (Lipinski definition) is 2. The molecular weight excluding hydrogens is 320 g/mol. The van der Waals surface area contributed by atoms with Gasteiger partial charge in [0.2, 0.25) is 0 Å². The van der Waals surface area contributed by atoms with Gasteiger partial charge in [0, 0.05) is 17.1 Å². The van der Waals surface area contributed by atoms with E-state index >= 15 is 0 Å². The predicted octanol–water partition coefficient (Wildman–Crippen LogP) is 5.07. The maximum atomic E-state index is 13.0. The van der Waals surface area contributed by atoms with Crippen molar-refractivity contribution in [3.05, 3.63) is 107 Å². The van der Waals surface area contributed by atoms with E-state index < -0.39 is 0 Å². The normalized spacial score (nSPS) is 21.2. The Morgan fingerprint density at radius 3 is 2.19 bits per heavy atom. The molecule has 2 unspecified atom stereocenters. The molecule has 2 atom stereocenters. The first kappa shape index (κ1) is 15.2. The van der Waals surface area contributed by atoms with E-state index in [9.17, 15) is 4.79 Å². The number of hydrogen-bond donors (Lipinski definition) is 0. The summed E-state index contributed by atoms with van der Waals surface area (Å²) in [5, 5.41) is 0. The first-order valence-corrected chi connectivity index (χ1v) is 8.97. The van der Waals surface area contributed by atoms with Gasteiger partial charge in [0.25, 0.3) is 0 Å². The second-order valence-corrected chi connectivity index (χ2v) is 6.89. The largest absolute Gasteiger partial charge is 0.425 e. The lowest BCUT2D eigenvalue weighted by molar-refractivity contribution is -0.140. The fraction of sp³-hybridized carbons (Fsp3) is 0.125. The van der Waals surface area contributed by atoms with Crippen molar-refractivity contribution in [2.24, 2.45) is 5.92 Å². The minimum atomic E-state index is -0.258. The highest BCUT2D eigenvalue weighted by Crippen LogP contribution is 2.51. The summed E-state index contributed by atoms with van der Waals surface area (Å²) in [6.45, 7) is 0. The molecule has 0 bridgehead atoms. The topological polar surface area (TPSA) is 26.3 Å². The maximum absolute atomic E-state index is 13.0. The Morgan fingerprint density at radius 1 is 0.769 bits per heavy atom. The first-order chi connectivity index (χ1) is 12.8. The van der Waals surface area contributed by atoms with Crippen LogP contribution in [0.2, 0.25) is 0 Å². The van der Waals surface area contributed by atoms with Crippen LogP contribution in [0.1, 0.15) is 28.2 Å². The number of esters is 1. The molecule has 3 aromatic carbocycles. The highest BCUT2D eigenvalue weighted by atomic mass is 16.5. The molecule has 2 nitrogen and oxygen atoms in total. The van der Waals surface area contributed by atoms with Gasteiger partial charge in [-0.2, -0.15) is 0 Å². The summed E-state index contributed by atoms with van der Waals surface area (Å²) >= 11 is 0. The zero-order chi connectivity index (χ0) is 17.5. The van der Waals surface area contributed by atoms with Crippen LogP contribution in [-0.2, 0) is 16.0 Å². The van der Waals surface area contributed by atoms with Crippen LogP contribution in [0.5, 0.6) is 0 Å². The zero-order valence-electron chi connectivity index (χ0n) is 14.3. The van der Waals surface area contributed by atoms with Gasteiger partial charge in [0.05, 0.1) is 5.92 Å². The standard InChI is InChI=1S/C24H18O2/c25-24-21(16-9-3-1-4-10-16)20-15-18-13-7-8-14-19(18)22(20)23(26-24)17-11-5-2-6-12-17/h1-14,20-21H,15H2. The van der Waals surface area contributed by atoms with Crippen molar-refractivity contribution in [1.29, 1.82) is 0 Å². The van der Waals surface area contributed by atoms with Crippen LogP contribution < -0.4 is 0 Å². The third-order valence-electron chi connectivity index (χ3n) is 5.42. The molecule has 0 amide bonds. The third-order valence-corrected chi connectivity index (χ3v) is 5.42. The lowest BCUT2D eigenvalue weighted by Crippen LogP contribution is -2.28. The number of cyclic esters (lactones) is 1. The van der Waals surface area contributed by atoms with Crippen LogP contribution in [-0.4, -0.2) is 5.97 Å². The summed E-state index contributed by atoms with van der Waals surface area (Å²) in [7, 11) is 0. The molecule has 0 aromatic heterocycles. The van der Waals surface area contributed by atoms with E-state index in [2.05, 4.69) is 24.3 Å². The molecule has 2 heteroatoms. The number of benzene rings is 3. The van der Waals surface area contributed by atoms with Gasteiger partial charge in [0.15, 0.2) is 0 Å². The molecule has 0 radical (unpaired) electrons. The number of carbonyl (C=O) groups is 1. The Balaban J connectivity index is 1.73. The highest BCUT2D eigenvalue weighted by molar-refractivity contribution is 6.02. The van der Waals surface area contributed by atoms with Crippen LogP contribution in [0.15, 0.2) is 84.9 Å². The van der Waals surface area contributed by atoms with Gasteiger partial charge in [0.1, 0.15) is 5.76 Å². The number of fused-ring (bicyclic) bond motifs is 3. The summed E-state index contributed by atoms with van der Waals surface area (Å²) in [5.74, 6) is 0.423. The number of ether oxygens (including phenoxy) is 1. The fourth-order valence-corrected chi connectivity index (χ4v) is 4.29. The van der Waals surface area contributed by atoms with E-state index in [0.717, 1.165) is 23.3 Å². The smallest absolute Gasteiger partial charge is 0.319 e. The lowest BCUT2D eigenvalue weighted by Gasteiger charge is -2.31. The average molecular weight is 338 g/mol. The van der Waals surface area contributed by atoms with E-state index in [1.54, 1.807) is 0 Å². The molecule has 0 N–H and O–H groups in total. The monoisotopic (exact) mass is 338 g/mol. The molecule has 5 rings (SSSR count). The fourth-order valence-electron chi connectivity index (χ4n) is 4.29. The molecular formula is C24H18O2. The Hall–Kier alpha value is -3.13. The lowest BCUT2D eigenvalue weighted by atomic mass is 9.79. The van der Waals surface area contributed by atoms with Gasteiger partial charge in [-0.05, 0) is 23.1 Å². The Morgan fingerprint density at radius 2 is 1.42 bits per heavy atom. The molecule has 126 valence electrons. The van der Waals surface area contributed by atoms with Crippen molar-refractivity contribution in [1.82, 2.24) is 0 Å². The van der Waals surface area contributed by atoms with Gasteiger partial charge in [-0.1, -0.05) is 84.9 Å². The van der Waals surface area contributed by atoms with Crippen molar-refractivity contribution >= 4 is 17.3 Å². The second-order valence-electron chi connectivity index (χ2n) is 6.89. The van der Waals surface area contributed by atoms with E-state index in [-0.39, 0.29) is 17.8 Å². The van der Waals surface area contributed by atoms with E-state index in [1.165, 1.54) is 16.7 Å². The van der Waals surface area contributed by atoms with Crippen molar-refractivity contribution in [2.45, 2.75) is 12.3 Å². The first-order valence-electron chi connectivity index (χ1n) is 8.97. The minimum Gasteiger partial charge on any atom is -0.425 e. The van der Waals surface area contributed by atoms with Gasteiger partial charge in [-0.25, -0.2) is 0 Å². The SMILES string of the molecule is O=C1OC(c2ccccc2)=C2c3ccccc3CC2C1c1ccccc1. The Labute approximate surface area is 152 Å². The van der Waals surface area contributed by atoms with E-state index in [1.807, 2.05) is 60.7 Å². The molecule has 0 saturated heterocycles. The minimum absolute atomic E-state index is 0.117. The molecule has 3 aromatic rings. The van der Waals surface area contributed by atoms with Gasteiger partial charge in [-0.15, -0.1) is 0 Å². The average Bonchev–Trinajstić information content (AvgIpc) is 3.08. The van der Waals surface area contributed by atoms with Crippen molar-refractivity contribution in [2.75, 3.05) is 0 Å². The van der Waals surface area contributed by atoms with E-state index in [0.29, 0.717) is 0 Å². The highest BCUT2D eigenvalue weighted by Gasteiger charge is 2.44. The van der Waals surface area contributed by atoms with E-state index in [4.69, 9.17) is 4.74 Å². The summed E-state index contributed by atoms with van der Waals surface area (Å²) < 4.78 is 5.95. The summed E-state index contributed by atoms with van der Waals surface area (Å²) in [4.78, 5) is 13.0. The van der Waals surface area contributed by atoms with Crippen molar-refractivity contribution < 1.29 is 9.53 Å². The Kier molecular flexibility index (Phi) is 3.49. The third kappa shape index (κ3) is 2.30. The molecule has 0 spiro atoms. The molecule has 1 heterocycles. The number of rotatable bonds is 2. The Bertz CT molecular complexity index is 1000. The zero-order valence-corrected chi connectivity index (χ0v) is 14.3. The van der Waals surface area contributed by atoms with Crippen LogP contribution in [0.25, 0.3) is 11.3 Å². The van der Waals surface area contributed by atoms with Gasteiger partial charge >= 0.3 is 5.97 Å². The van der Waals surface area contributed by atoms with Crippen molar-refractivity contribution in [3.8, 4) is 0 Å². The van der Waals surface area contributed by atoms with Crippen LogP contribution in [0.3, 0.4) is 0 Å². The predicted molar refractivity (Wildman–Crippen MR) is 102 cm³/mol. The molecule has 1 aliphatic heterocycles. The van der Waals surface area contributed by atoms with Crippen LogP contribution in [0.4, 0.5) is 0 Å². The number of allylic oxidation sites excluding steroid dienone is 1. The van der Waals surface area contributed by atoms with Gasteiger partial charge < -0.3 is 4.74 Å². The molecule has 0 saturated carbocycles. The molecule has 26 heavy (non-hydrogen) atoms. The van der Waals surface area contributed by atoms with Crippen molar-refractivity contribution in [3.63, 3.8) is 0 Å². The second kappa shape index (κ2) is 5.99. The number of carbonyl (C=O) groups excluding carboxylic acids is 1. The molecule has 0 fully saturated rings.